The van der Waals surface area contributed by atoms with Crippen LogP contribution in [0.3, 0.4) is 0 Å². The quantitative estimate of drug-likeness (QED) is 0.610. The Kier molecular flexibility index (Phi) is 6.71. The first-order valence-electron chi connectivity index (χ1n) is 11.0. The molecule has 0 atom stereocenters. The number of methoxy groups -OCH3 is 1. The van der Waals surface area contributed by atoms with E-state index in [4.69, 9.17) is 14.2 Å². The highest BCUT2D eigenvalue weighted by Gasteiger charge is 2.52. The van der Waals surface area contributed by atoms with E-state index in [9.17, 15) is 9.59 Å². The standard InChI is InChI=1S/C25H34O5/c1-15(2)23(26)29-22-21(20-17(4)13-16(3)14-18(20)5)24(27)30-25(22)10-7-19(8-11-25)9-12-28-6/h13-15,19H,7-12H2,1-6H3. The van der Waals surface area contributed by atoms with Gasteiger partial charge in [0.15, 0.2) is 11.4 Å². The summed E-state index contributed by atoms with van der Waals surface area (Å²) in [6.45, 7) is 10.4. The number of aryl methyl sites for hydroxylation is 3. The summed E-state index contributed by atoms with van der Waals surface area (Å²) in [5.41, 5.74) is 3.52. The molecule has 5 nitrogen and oxygen atoms in total. The number of hydrogen-bond acceptors (Lipinski definition) is 5. The molecular weight excluding hydrogens is 380 g/mol. The number of ether oxygens (including phenoxy) is 3. The maximum absolute atomic E-state index is 13.2. The van der Waals surface area contributed by atoms with Crippen LogP contribution < -0.4 is 0 Å². The molecule has 3 rings (SSSR count). The molecule has 1 fully saturated rings. The zero-order chi connectivity index (χ0) is 22.1. The van der Waals surface area contributed by atoms with Gasteiger partial charge in [-0.15, -0.1) is 0 Å². The van der Waals surface area contributed by atoms with Crippen molar-refractivity contribution in [1.29, 1.82) is 0 Å². The van der Waals surface area contributed by atoms with Gasteiger partial charge in [-0.2, -0.15) is 0 Å². The van der Waals surface area contributed by atoms with E-state index in [1.165, 1.54) is 0 Å². The molecule has 0 radical (unpaired) electrons. The molecular formula is C25H34O5. The van der Waals surface area contributed by atoms with Crippen molar-refractivity contribution < 1.29 is 23.8 Å². The second-order valence-electron chi connectivity index (χ2n) is 9.16. The van der Waals surface area contributed by atoms with Crippen molar-refractivity contribution in [2.45, 2.75) is 72.3 Å². The van der Waals surface area contributed by atoms with Crippen molar-refractivity contribution in [2.24, 2.45) is 11.8 Å². The fourth-order valence-corrected chi connectivity index (χ4v) is 4.79. The van der Waals surface area contributed by atoms with Crippen LogP contribution >= 0.6 is 0 Å². The fourth-order valence-electron chi connectivity index (χ4n) is 4.79. The van der Waals surface area contributed by atoms with E-state index in [1.54, 1.807) is 21.0 Å². The minimum Gasteiger partial charge on any atom is -0.447 e. The Balaban J connectivity index is 2.05. The first-order valence-corrected chi connectivity index (χ1v) is 11.0. The summed E-state index contributed by atoms with van der Waals surface area (Å²) in [7, 11) is 1.72. The SMILES string of the molecule is COCCC1CCC2(CC1)OC(=O)C(c1c(C)cc(C)cc1C)=C2OC(=O)C(C)C. The predicted octanol–water partition coefficient (Wildman–Crippen LogP) is 5.04. The monoisotopic (exact) mass is 414 g/mol. The first-order chi connectivity index (χ1) is 14.2. The average Bonchev–Trinajstić information content (AvgIpc) is 2.92. The molecule has 1 spiro atoms. The predicted molar refractivity (Wildman–Crippen MR) is 116 cm³/mol. The number of carbonyl (C=O) groups is 2. The largest absolute Gasteiger partial charge is 0.447 e. The van der Waals surface area contributed by atoms with E-state index in [1.807, 2.05) is 20.8 Å². The Hall–Kier alpha value is -2.14. The second kappa shape index (κ2) is 8.93. The first kappa shape index (κ1) is 22.5. The van der Waals surface area contributed by atoms with E-state index in [0.29, 0.717) is 30.1 Å². The van der Waals surface area contributed by atoms with Gasteiger partial charge < -0.3 is 14.2 Å². The third-order valence-corrected chi connectivity index (χ3v) is 6.38. The van der Waals surface area contributed by atoms with Crippen LogP contribution in [0.5, 0.6) is 0 Å². The van der Waals surface area contributed by atoms with Gasteiger partial charge in [-0.1, -0.05) is 31.5 Å². The molecule has 164 valence electrons. The second-order valence-corrected chi connectivity index (χ2v) is 9.16. The molecule has 1 aromatic carbocycles. The molecule has 1 aliphatic carbocycles. The third-order valence-electron chi connectivity index (χ3n) is 6.38. The maximum atomic E-state index is 13.2. The molecule has 1 aromatic rings. The van der Waals surface area contributed by atoms with Crippen LogP contribution in [-0.4, -0.2) is 31.3 Å². The van der Waals surface area contributed by atoms with Gasteiger partial charge in [-0.25, -0.2) is 4.79 Å². The number of esters is 2. The molecule has 2 aliphatic rings. The Morgan fingerprint density at radius 1 is 1.17 bits per heavy atom. The van der Waals surface area contributed by atoms with Crippen molar-refractivity contribution in [3.8, 4) is 0 Å². The average molecular weight is 415 g/mol. The highest BCUT2D eigenvalue weighted by molar-refractivity contribution is 6.20. The lowest BCUT2D eigenvalue weighted by atomic mass is 9.76. The van der Waals surface area contributed by atoms with Crippen molar-refractivity contribution in [2.75, 3.05) is 13.7 Å². The summed E-state index contributed by atoms with van der Waals surface area (Å²) in [4.78, 5) is 25.8. The van der Waals surface area contributed by atoms with Crippen molar-refractivity contribution in [3.63, 3.8) is 0 Å². The Morgan fingerprint density at radius 3 is 2.30 bits per heavy atom. The number of hydrogen-bond donors (Lipinski definition) is 0. The van der Waals surface area contributed by atoms with Crippen molar-refractivity contribution in [3.05, 3.63) is 40.1 Å². The molecule has 0 amide bonds. The molecule has 0 saturated heterocycles. The molecule has 0 aromatic heterocycles. The third kappa shape index (κ3) is 4.31. The minimum atomic E-state index is -0.843. The van der Waals surface area contributed by atoms with Gasteiger partial charge in [0.25, 0.3) is 0 Å². The van der Waals surface area contributed by atoms with Gasteiger partial charge in [0.2, 0.25) is 0 Å². The summed E-state index contributed by atoms with van der Waals surface area (Å²) >= 11 is 0. The van der Waals surface area contributed by atoms with Crippen LogP contribution in [0.4, 0.5) is 0 Å². The van der Waals surface area contributed by atoms with Crippen LogP contribution in [0.15, 0.2) is 17.9 Å². The summed E-state index contributed by atoms with van der Waals surface area (Å²) in [6.07, 6.45) is 4.16. The van der Waals surface area contributed by atoms with Crippen LogP contribution in [-0.2, 0) is 23.8 Å². The molecule has 30 heavy (non-hydrogen) atoms. The van der Waals surface area contributed by atoms with E-state index < -0.39 is 5.60 Å². The lowest BCUT2D eigenvalue weighted by Crippen LogP contribution is -2.38. The minimum absolute atomic E-state index is 0.287. The summed E-state index contributed by atoms with van der Waals surface area (Å²) in [5, 5.41) is 0. The van der Waals surface area contributed by atoms with E-state index >= 15 is 0 Å². The topological polar surface area (TPSA) is 61.8 Å². The molecule has 0 bridgehead atoms. The normalized spacial score (nSPS) is 24.0. The van der Waals surface area contributed by atoms with Crippen LogP contribution in [0.25, 0.3) is 5.57 Å². The summed E-state index contributed by atoms with van der Waals surface area (Å²) in [5.74, 6) is -0.0459. The lowest BCUT2D eigenvalue weighted by Gasteiger charge is -2.37. The molecule has 1 heterocycles. The highest BCUT2D eigenvalue weighted by atomic mass is 16.6. The van der Waals surface area contributed by atoms with Gasteiger partial charge in [-0.3, -0.25) is 4.79 Å². The van der Waals surface area contributed by atoms with E-state index in [0.717, 1.165) is 48.1 Å². The number of benzene rings is 1. The molecule has 1 saturated carbocycles. The molecule has 1 aliphatic heterocycles. The van der Waals surface area contributed by atoms with Crippen LogP contribution in [0.1, 0.15) is 68.2 Å². The zero-order valence-electron chi connectivity index (χ0n) is 19.1. The van der Waals surface area contributed by atoms with Crippen molar-refractivity contribution >= 4 is 17.5 Å². The molecule has 0 unspecified atom stereocenters. The Labute approximate surface area is 179 Å². The van der Waals surface area contributed by atoms with Gasteiger partial charge in [0.05, 0.1) is 5.92 Å². The van der Waals surface area contributed by atoms with Gasteiger partial charge in [-0.05, 0) is 75.5 Å². The van der Waals surface area contributed by atoms with Crippen molar-refractivity contribution in [1.82, 2.24) is 0 Å². The Morgan fingerprint density at radius 2 is 1.77 bits per heavy atom. The lowest BCUT2D eigenvalue weighted by molar-refractivity contribution is -0.157. The fraction of sp³-hybridized carbons (Fsp3) is 0.600. The zero-order valence-corrected chi connectivity index (χ0v) is 19.1. The summed E-state index contributed by atoms with van der Waals surface area (Å²) < 4.78 is 17.2. The van der Waals surface area contributed by atoms with E-state index in [2.05, 4.69) is 12.1 Å². The molecule has 0 N–H and O–H groups in total. The highest BCUT2D eigenvalue weighted by Crippen LogP contribution is 2.49. The van der Waals surface area contributed by atoms with Gasteiger partial charge in [0.1, 0.15) is 5.57 Å². The van der Waals surface area contributed by atoms with Gasteiger partial charge in [0, 0.05) is 13.7 Å². The number of carbonyl (C=O) groups excluding carboxylic acids is 2. The number of rotatable bonds is 6. The maximum Gasteiger partial charge on any atom is 0.343 e. The van der Waals surface area contributed by atoms with Gasteiger partial charge >= 0.3 is 11.9 Å². The summed E-state index contributed by atoms with van der Waals surface area (Å²) in [6, 6.07) is 4.11. The smallest absolute Gasteiger partial charge is 0.343 e. The van der Waals surface area contributed by atoms with E-state index in [-0.39, 0.29) is 17.9 Å². The molecule has 5 heteroatoms. The van der Waals surface area contributed by atoms with Crippen LogP contribution in [0.2, 0.25) is 0 Å². The Bertz CT molecular complexity index is 833. The van der Waals surface area contributed by atoms with Crippen LogP contribution in [0, 0.1) is 32.6 Å².